The van der Waals surface area contributed by atoms with Gasteiger partial charge in [-0.15, -0.1) is 0 Å². The smallest absolute Gasteiger partial charge is 0.465 e. The molecule has 3 N–H and O–H groups in total. The van der Waals surface area contributed by atoms with Crippen molar-refractivity contribution in [3.63, 3.8) is 0 Å². The van der Waals surface area contributed by atoms with Crippen molar-refractivity contribution in [2.75, 3.05) is 18.4 Å². The van der Waals surface area contributed by atoms with Gasteiger partial charge < -0.3 is 25.2 Å². The number of ether oxygens (including phenoxy) is 2. The van der Waals surface area contributed by atoms with Crippen LogP contribution in [0.25, 0.3) is 0 Å². The Morgan fingerprint density at radius 3 is 2.66 bits per heavy atom. The minimum absolute atomic E-state index is 0.398. The van der Waals surface area contributed by atoms with Gasteiger partial charge >= 0.3 is 12.2 Å². The van der Waals surface area contributed by atoms with E-state index in [4.69, 9.17) is 17.3 Å². The number of hydrogen-bond acceptors (Lipinski definition) is 5. The fourth-order valence-corrected chi connectivity index (χ4v) is 3.34. The lowest BCUT2D eigenvalue weighted by atomic mass is 9.89. The van der Waals surface area contributed by atoms with Crippen LogP contribution in [0, 0.1) is 5.92 Å². The van der Waals surface area contributed by atoms with Crippen LogP contribution in [0.5, 0.6) is 0 Å². The average Bonchev–Trinajstić information content (AvgIpc) is 2.64. The van der Waals surface area contributed by atoms with E-state index in [9.17, 15) is 9.59 Å². The molecule has 162 valence electrons. The summed E-state index contributed by atoms with van der Waals surface area (Å²) in [4.78, 5) is 23.2. The van der Waals surface area contributed by atoms with E-state index in [1.807, 2.05) is 11.4 Å². The largest absolute Gasteiger partial charge is 0.509 e. The molecule has 1 aromatic carbocycles. The maximum Gasteiger partial charge on any atom is 0.509 e. The van der Waals surface area contributed by atoms with Gasteiger partial charge in [-0.2, -0.15) is 0 Å². The van der Waals surface area contributed by atoms with Gasteiger partial charge in [-0.25, -0.2) is 9.59 Å². The first-order valence-corrected chi connectivity index (χ1v) is 10.2. The van der Waals surface area contributed by atoms with Gasteiger partial charge in [0.1, 0.15) is 11.7 Å². The zero-order chi connectivity index (χ0) is 23.1. The van der Waals surface area contributed by atoms with E-state index < -0.39 is 36.9 Å². The molecule has 0 spiro atoms. The highest BCUT2D eigenvalue weighted by Crippen LogP contribution is 2.27. The molecule has 2 rings (SSSR count). The molecule has 0 saturated heterocycles. The monoisotopic (exact) mass is 408 g/mol. The second kappa shape index (κ2) is 10.9. The Morgan fingerprint density at radius 2 is 2.00 bits per heavy atom. The van der Waals surface area contributed by atoms with Crippen LogP contribution in [0.3, 0.4) is 0 Å². The predicted octanol–water partition coefficient (Wildman–Crippen LogP) is 5.33. The number of benzene rings is 1. The van der Waals surface area contributed by atoms with Crippen LogP contribution in [-0.2, 0) is 9.47 Å². The number of anilines is 1. The molecule has 1 unspecified atom stereocenters. The topological polar surface area (TPSA) is 96.9 Å². The normalized spacial score (nSPS) is 17.5. The Morgan fingerprint density at radius 1 is 1.28 bits per heavy atom. The van der Waals surface area contributed by atoms with Crippen LogP contribution in [0.15, 0.2) is 24.3 Å². The highest BCUT2D eigenvalue weighted by molar-refractivity contribution is 5.64. The van der Waals surface area contributed by atoms with Gasteiger partial charge in [0.2, 0.25) is 0 Å². The van der Waals surface area contributed by atoms with Crippen molar-refractivity contribution in [3.8, 4) is 0 Å². The van der Waals surface area contributed by atoms with Crippen LogP contribution < -0.4 is 10.6 Å². The molecule has 0 aromatic heterocycles. The molecule has 1 saturated carbocycles. The molecule has 1 aromatic rings. The molecular formula is C22H34N2O5. The summed E-state index contributed by atoms with van der Waals surface area (Å²) in [5.41, 5.74) is 0.617. The summed E-state index contributed by atoms with van der Waals surface area (Å²) in [6.07, 6.45) is 2.35. The Balaban J connectivity index is 2.15. The van der Waals surface area contributed by atoms with Gasteiger partial charge in [0.15, 0.2) is 0 Å². The van der Waals surface area contributed by atoms with Gasteiger partial charge in [-0.05, 0) is 57.2 Å². The molecule has 7 heteroatoms. The molecule has 7 nitrogen and oxygen atoms in total. The quantitative estimate of drug-likeness (QED) is 0.503. The van der Waals surface area contributed by atoms with Crippen molar-refractivity contribution in [3.05, 3.63) is 29.8 Å². The van der Waals surface area contributed by atoms with Gasteiger partial charge in [0.25, 0.3) is 0 Å². The Kier molecular flexibility index (Phi) is 7.48. The van der Waals surface area contributed by atoms with Crippen LogP contribution in [-0.4, -0.2) is 36.0 Å². The number of carboxylic acid groups (broad SMARTS) is 1. The molecule has 1 aliphatic rings. The van der Waals surface area contributed by atoms with Gasteiger partial charge in [-0.1, -0.05) is 31.4 Å². The first-order chi connectivity index (χ1) is 14.4. The Hall–Kier alpha value is -2.44. The van der Waals surface area contributed by atoms with Gasteiger partial charge in [-0.3, -0.25) is 0 Å². The summed E-state index contributed by atoms with van der Waals surface area (Å²) in [6.45, 7) is 3.64. The highest BCUT2D eigenvalue weighted by atomic mass is 16.7. The molecule has 0 bridgehead atoms. The second-order valence-corrected chi connectivity index (χ2v) is 8.39. The lowest BCUT2D eigenvalue weighted by Crippen LogP contribution is -2.28. The second-order valence-electron chi connectivity index (χ2n) is 8.39. The summed E-state index contributed by atoms with van der Waals surface area (Å²) in [7, 11) is 0. The number of hydrogen-bond donors (Lipinski definition) is 3. The van der Waals surface area contributed by atoms with Crippen molar-refractivity contribution >= 4 is 17.9 Å². The lowest BCUT2D eigenvalue weighted by molar-refractivity contribution is -0.0288. The number of rotatable bonds is 8. The van der Waals surface area contributed by atoms with Crippen LogP contribution in [0.2, 0.25) is 0 Å². The van der Waals surface area contributed by atoms with E-state index in [1.165, 1.54) is 32.1 Å². The number of carbonyl (C=O) groups is 2. The Bertz CT molecular complexity index is 746. The van der Waals surface area contributed by atoms with E-state index in [1.54, 1.807) is 39.0 Å². The van der Waals surface area contributed by atoms with Crippen molar-refractivity contribution in [2.24, 2.45) is 5.92 Å². The highest BCUT2D eigenvalue weighted by Gasteiger charge is 2.23. The predicted molar refractivity (Wildman–Crippen MR) is 112 cm³/mol. The molecule has 1 aliphatic carbocycles. The summed E-state index contributed by atoms with van der Waals surface area (Å²) in [5, 5.41) is 14.2. The van der Waals surface area contributed by atoms with Crippen molar-refractivity contribution in [2.45, 2.75) is 71.0 Å². The third-order valence-electron chi connectivity index (χ3n) is 4.69. The van der Waals surface area contributed by atoms with Crippen LogP contribution in [0.1, 0.15) is 73.7 Å². The zero-order valence-electron chi connectivity index (χ0n) is 19.5. The summed E-state index contributed by atoms with van der Waals surface area (Å²) in [5.74, 6) is 0.625. The van der Waals surface area contributed by atoms with E-state index in [0.717, 1.165) is 12.2 Å². The van der Waals surface area contributed by atoms with Crippen molar-refractivity contribution in [1.82, 2.24) is 5.32 Å². The van der Waals surface area contributed by atoms with E-state index >= 15 is 0 Å². The van der Waals surface area contributed by atoms with E-state index in [-0.39, 0.29) is 0 Å². The van der Waals surface area contributed by atoms with Gasteiger partial charge in [0, 0.05) is 27.9 Å². The molecule has 1 atom stereocenters. The van der Waals surface area contributed by atoms with Crippen LogP contribution in [0.4, 0.5) is 15.3 Å². The van der Waals surface area contributed by atoms with E-state index in [2.05, 4.69) is 5.32 Å². The summed E-state index contributed by atoms with van der Waals surface area (Å²) in [6, 6.07) is 7.22. The first-order valence-electron chi connectivity index (χ1n) is 11.2. The van der Waals surface area contributed by atoms with Gasteiger partial charge in [0.05, 0.1) is 0 Å². The first kappa shape index (κ1) is 19.9. The Labute approximate surface area is 176 Å². The third-order valence-corrected chi connectivity index (χ3v) is 4.69. The fourth-order valence-electron chi connectivity index (χ4n) is 3.34. The SMILES string of the molecule is [2H]C([2H])(CC(OC(=O)OC(C)(C)C)c1cccc(NCC2CCCCC2)c1)NC(=O)O. The maximum absolute atomic E-state index is 12.2. The molecule has 1 fully saturated rings. The summed E-state index contributed by atoms with van der Waals surface area (Å²) < 4.78 is 26.5. The minimum atomic E-state index is -2.30. The lowest BCUT2D eigenvalue weighted by Gasteiger charge is -2.24. The van der Waals surface area contributed by atoms with Crippen molar-refractivity contribution < 1.29 is 26.9 Å². The minimum Gasteiger partial charge on any atom is -0.465 e. The summed E-state index contributed by atoms with van der Waals surface area (Å²) >= 11 is 0. The molecule has 0 radical (unpaired) electrons. The molecule has 29 heavy (non-hydrogen) atoms. The third kappa shape index (κ3) is 9.07. The molecule has 0 aliphatic heterocycles. The fraction of sp³-hybridized carbons (Fsp3) is 0.636. The zero-order valence-corrected chi connectivity index (χ0v) is 17.5. The van der Waals surface area contributed by atoms with E-state index in [0.29, 0.717) is 11.5 Å². The molecule has 1 amide bonds. The number of amides is 1. The standard InChI is InChI=1S/C22H34N2O5/c1-22(2,3)29-21(27)28-19(12-13-23-20(25)26)17-10-7-11-18(14-17)24-15-16-8-5-4-6-9-16/h7,10-11,14,16,19,23-24H,4-6,8-9,12-13,15H2,1-3H3,(H,25,26)/i13D2. The maximum atomic E-state index is 12.2. The molecule has 0 heterocycles. The molecular weight excluding hydrogens is 372 g/mol. The number of nitrogens with one attached hydrogen (secondary N) is 2. The average molecular weight is 409 g/mol. The number of carbonyl (C=O) groups excluding carboxylic acids is 1. The van der Waals surface area contributed by atoms with Crippen molar-refractivity contribution in [1.29, 1.82) is 0 Å². The van der Waals surface area contributed by atoms with Crippen LogP contribution >= 0.6 is 0 Å².